The molecule has 8 aromatic rings. The van der Waals surface area contributed by atoms with Crippen LogP contribution in [0.5, 0.6) is 10.8 Å². The van der Waals surface area contributed by atoms with E-state index in [9.17, 15) is 0 Å². The van der Waals surface area contributed by atoms with E-state index < -0.39 is 0 Å². The topological polar surface area (TPSA) is 28.6 Å². The molecule has 4 nitrogen and oxygen atoms in total. The number of benzene rings is 5. The molecule has 0 radical (unpaired) electrons. The van der Waals surface area contributed by atoms with Crippen LogP contribution in [0, 0.1) is 0 Å². The summed E-state index contributed by atoms with van der Waals surface area (Å²) in [5.41, 5.74) is 13.1. The number of para-hydroxylation sites is 1. The van der Waals surface area contributed by atoms with Gasteiger partial charge in [0.15, 0.2) is 5.06 Å². The van der Waals surface area contributed by atoms with Crippen LogP contribution in [0.3, 0.4) is 0 Å². The largest absolute Gasteiger partial charge is 0.447 e. The second-order valence-electron chi connectivity index (χ2n) is 14.9. The van der Waals surface area contributed by atoms with Gasteiger partial charge < -0.3 is 14.5 Å². The van der Waals surface area contributed by atoms with Gasteiger partial charge in [-0.1, -0.05) is 117 Å². The van der Waals surface area contributed by atoms with Crippen molar-refractivity contribution in [3.05, 3.63) is 162 Å². The van der Waals surface area contributed by atoms with Crippen LogP contribution < -0.4 is 14.5 Å². The number of anilines is 2. The van der Waals surface area contributed by atoms with Crippen LogP contribution in [0.15, 0.2) is 156 Å². The Morgan fingerprint density at radius 1 is 0.648 bits per heavy atom. The number of rotatable bonds is 7. The first-order valence-electron chi connectivity index (χ1n) is 18.4. The number of ether oxygens (including phenoxy) is 1. The van der Waals surface area contributed by atoms with Crippen molar-refractivity contribution in [1.82, 2.24) is 4.98 Å². The minimum atomic E-state index is 0.0290. The van der Waals surface area contributed by atoms with E-state index in [1.165, 1.54) is 70.6 Å². The summed E-state index contributed by atoms with van der Waals surface area (Å²) in [5.74, 6) is 0.814. The lowest BCUT2D eigenvalue weighted by Gasteiger charge is -2.28. The van der Waals surface area contributed by atoms with Gasteiger partial charge in [0.25, 0.3) is 0 Å². The molecule has 9 rings (SSSR count). The molecule has 266 valence electrons. The van der Waals surface area contributed by atoms with Crippen molar-refractivity contribution in [2.24, 2.45) is 0 Å². The summed E-state index contributed by atoms with van der Waals surface area (Å²) in [7, 11) is 0. The van der Waals surface area contributed by atoms with E-state index in [1.807, 2.05) is 6.20 Å². The van der Waals surface area contributed by atoms with Gasteiger partial charge in [0, 0.05) is 72.3 Å². The lowest BCUT2D eigenvalue weighted by Crippen LogP contribution is -2.27. The molecule has 0 spiro atoms. The number of nitrogens with zero attached hydrogens (tertiary/aromatic N) is 3. The number of aromatic nitrogens is 1. The molecular formula is C48H41N3OS2. The predicted octanol–water partition coefficient (Wildman–Crippen LogP) is 14.1. The lowest BCUT2D eigenvalue weighted by atomic mass is 9.86. The number of hydrogen-bond donors (Lipinski definition) is 0. The summed E-state index contributed by atoms with van der Waals surface area (Å²) >= 11 is 3.46. The van der Waals surface area contributed by atoms with E-state index in [4.69, 9.17) is 9.72 Å². The zero-order valence-corrected chi connectivity index (χ0v) is 32.8. The standard InChI is InChI=1S/C48H41N3OS2/c1-31-32(2)51(47-38(33-14-8-6-9-15-33)20-13-21-39(47)34-16-10-7-11-17-34)30-50(31)36-18-12-19-37(27-36)52-45-28-41-44(54-45)29-43-40(23-25-53-43)46(41)42-26-35(22-24-49-42)48(3,4)5/h6-29H,30H2,1-5H3. The lowest BCUT2D eigenvalue weighted by molar-refractivity contribution is 0.497. The fourth-order valence-electron chi connectivity index (χ4n) is 7.57. The van der Waals surface area contributed by atoms with E-state index in [-0.39, 0.29) is 5.41 Å². The molecule has 0 atom stereocenters. The molecule has 3 aromatic heterocycles. The van der Waals surface area contributed by atoms with Gasteiger partial charge >= 0.3 is 0 Å². The molecule has 54 heavy (non-hydrogen) atoms. The quantitative estimate of drug-likeness (QED) is 0.163. The third-order valence-corrected chi connectivity index (χ3v) is 12.4. The Balaban J connectivity index is 1.06. The fourth-order valence-corrected chi connectivity index (χ4v) is 9.46. The molecule has 0 amide bonds. The van der Waals surface area contributed by atoms with Gasteiger partial charge in [-0.2, -0.15) is 0 Å². The fraction of sp³-hybridized carbons (Fsp3) is 0.146. The summed E-state index contributed by atoms with van der Waals surface area (Å²) in [4.78, 5) is 9.75. The molecule has 0 aliphatic carbocycles. The molecule has 0 unspecified atom stereocenters. The van der Waals surface area contributed by atoms with E-state index >= 15 is 0 Å². The highest BCUT2D eigenvalue weighted by Gasteiger charge is 2.30. The van der Waals surface area contributed by atoms with Crippen LogP contribution in [-0.2, 0) is 5.41 Å². The molecule has 0 fully saturated rings. The average molecular weight is 740 g/mol. The zero-order valence-electron chi connectivity index (χ0n) is 31.1. The Morgan fingerprint density at radius 3 is 2.04 bits per heavy atom. The van der Waals surface area contributed by atoms with Crippen molar-refractivity contribution in [3.8, 4) is 44.3 Å². The van der Waals surface area contributed by atoms with Crippen LogP contribution in [0.4, 0.5) is 11.4 Å². The second-order valence-corrected chi connectivity index (χ2v) is 16.9. The maximum Gasteiger partial charge on any atom is 0.182 e. The summed E-state index contributed by atoms with van der Waals surface area (Å²) in [5, 5.41) is 5.45. The number of allylic oxidation sites excluding steroid dienone is 2. The summed E-state index contributed by atoms with van der Waals surface area (Å²) < 4.78 is 9.17. The summed E-state index contributed by atoms with van der Waals surface area (Å²) in [6, 6.07) is 47.7. The zero-order chi connectivity index (χ0) is 37.0. The molecule has 1 aliphatic rings. The number of fused-ring (bicyclic) bond motifs is 2. The van der Waals surface area contributed by atoms with Crippen molar-refractivity contribution < 1.29 is 4.74 Å². The van der Waals surface area contributed by atoms with Gasteiger partial charge in [-0.15, -0.1) is 11.3 Å². The van der Waals surface area contributed by atoms with Gasteiger partial charge in [-0.25, -0.2) is 0 Å². The Hall–Kier alpha value is -5.69. The highest BCUT2D eigenvalue weighted by atomic mass is 32.1. The molecule has 6 heteroatoms. The molecule has 0 saturated carbocycles. The molecule has 0 N–H and O–H groups in total. The van der Waals surface area contributed by atoms with Crippen molar-refractivity contribution in [2.45, 2.75) is 40.0 Å². The molecular weight excluding hydrogens is 699 g/mol. The van der Waals surface area contributed by atoms with Gasteiger partial charge in [-0.3, -0.25) is 4.98 Å². The maximum absolute atomic E-state index is 6.71. The molecule has 5 aromatic carbocycles. The van der Waals surface area contributed by atoms with Crippen molar-refractivity contribution in [1.29, 1.82) is 0 Å². The Bertz CT molecular complexity index is 2630. The highest BCUT2D eigenvalue weighted by molar-refractivity contribution is 7.22. The minimum absolute atomic E-state index is 0.0290. The van der Waals surface area contributed by atoms with Gasteiger partial charge in [0.05, 0.1) is 18.1 Å². The first-order chi connectivity index (χ1) is 26.2. The van der Waals surface area contributed by atoms with E-state index in [2.05, 4.69) is 183 Å². The van der Waals surface area contributed by atoms with Gasteiger partial charge in [-0.05, 0) is 77.7 Å². The summed E-state index contributed by atoms with van der Waals surface area (Å²) in [6.07, 6.45) is 1.95. The summed E-state index contributed by atoms with van der Waals surface area (Å²) in [6.45, 7) is 11.9. The SMILES string of the molecule is CC1=C(C)N(c2c(-c3ccccc3)cccc2-c2ccccc2)CN1c1cccc(Oc2cc3c(-c4cc(C(C)(C)C)ccn4)c4ccsc4cc3s2)c1. The van der Waals surface area contributed by atoms with Crippen molar-refractivity contribution in [2.75, 3.05) is 16.5 Å². The molecule has 4 heterocycles. The van der Waals surface area contributed by atoms with E-state index in [0.717, 1.165) is 22.2 Å². The first-order valence-corrected chi connectivity index (χ1v) is 20.1. The van der Waals surface area contributed by atoms with E-state index in [1.54, 1.807) is 22.7 Å². The van der Waals surface area contributed by atoms with Gasteiger partial charge in [0.2, 0.25) is 0 Å². The number of thiophene rings is 2. The normalized spacial score (nSPS) is 13.4. The third kappa shape index (κ3) is 6.15. The smallest absolute Gasteiger partial charge is 0.182 e. The first kappa shape index (κ1) is 34.1. The number of pyridine rings is 1. The van der Waals surface area contributed by atoms with Gasteiger partial charge in [0.1, 0.15) is 5.75 Å². The monoisotopic (exact) mass is 739 g/mol. The third-order valence-electron chi connectivity index (χ3n) is 10.6. The van der Waals surface area contributed by atoms with Crippen LogP contribution in [0.2, 0.25) is 0 Å². The maximum atomic E-state index is 6.71. The Morgan fingerprint density at radius 2 is 1.33 bits per heavy atom. The average Bonchev–Trinajstić information content (AvgIpc) is 3.90. The van der Waals surface area contributed by atoms with Crippen LogP contribution in [-0.4, -0.2) is 11.7 Å². The second kappa shape index (κ2) is 13.6. The Kier molecular flexibility index (Phi) is 8.60. The van der Waals surface area contributed by atoms with E-state index in [0.29, 0.717) is 6.67 Å². The Labute approximate surface area is 325 Å². The van der Waals surface area contributed by atoms with Crippen molar-refractivity contribution in [3.63, 3.8) is 0 Å². The van der Waals surface area contributed by atoms with Crippen LogP contribution in [0.1, 0.15) is 40.2 Å². The van der Waals surface area contributed by atoms with Crippen LogP contribution >= 0.6 is 22.7 Å². The number of hydrogen-bond acceptors (Lipinski definition) is 6. The predicted molar refractivity (Wildman–Crippen MR) is 231 cm³/mol. The van der Waals surface area contributed by atoms with Crippen molar-refractivity contribution >= 4 is 54.2 Å². The molecule has 0 saturated heterocycles. The molecule has 1 aliphatic heterocycles. The molecule has 0 bridgehead atoms. The highest BCUT2D eigenvalue weighted by Crippen LogP contribution is 2.47. The minimum Gasteiger partial charge on any atom is -0.447 e. The van der Waals surface area contributed by atoms with Crippen LogP contribution in [0.25, 0.3) is 53.7 Å².